The van der Waals surface area contributed by atoms with Gasteiger partial charge in [-0.25, -0.2) is 4.39 Å². The molecule has 3 heteroatoms. The van der Waals surface area contributed by atoms with Crippen LogP contribution >= 0.6 is 0 Å². The van der Waals surface area contributed by atoms with Crippen LogP contribution in [-0.4, -0.2) is 17.3 Å². The number of hydrogen-bond donors (Lipinski definition) is 2. The van der Waals surface area contributed by atoms with E-state index < -0.39 is 5.60 Å². The molecule has 0 unspecified atom stereocenters. The first-order chi connectivity index (χ1) is 7.59. The number of aliphatic hydroxyl groups is 1. The predicted octanol–water partition coefficient (Wildman–Crippen LogP) is 2.47. The van der Waals surface area contributed by atoms with Crippen molar-refractivity contribution in [1.82, 2.24) is 5.32 Å². The molecule has 0 bridgehead atoms. The Morgan fingerprint density at radius 1 is 1.19 bits per heavy atom. The Bertz CT molecular complexity index is 306. The summed E-state index contributed by atoms with van der Waals surface area (Å²) in [5.74, 6) is -0.220. The molecule has 0 saturated carbocycles. The molecule has 16 heavy (non-hydrogen) atoms. The highest BCUT2D eigenvalue weighted by molar-refractivity contribution is 5.15. The van der Waals surface area contributed by atoms with Crippen LogP contribution in [0.25, 0.3) is 0 Å². The van der Waals surface area contributed by atoms with Crippen molar-refractivity contribution in [2.24, 2.45) is 0 Å². The third-order valence-electron chi connectivity index (χ3n) is 3.01. The molecule has 0 spiro atoms. The quantitative estimate of drug-likeness (QED) is 0.779. The molecule has 0 fully saturated rings. The van der Waals surface area contributed by atoms with Gasteiger partial charge in [0, 0.05) is 13.1 Å². The molecule has 0 saturated heterocycles. The van der Waals surface area contributed by atoms with Gasteiger partial charge in [0.15, 0.2) is 0 Å². The summed E-state index contributed by atoms with van der Waals surface area (Å²) in [6, 6.07) is 6.39. The van der Waals surface area contributed by atoms with Gasteiger partial charge in [-0.2, -0.15) is 0 Å². The van der Waals surface area contributed by atoms with Gasteiger partial charge in [-0.05, 0) is 30.5 Å². The van der Waals surface area contributed by atoms with E-state index in [0.717, 1.165) is 18.4 Å². The Morgan fingerprint density at radius 2 is 1.75 bits per heavy atom. The van der Waals surface area contributed by atoms with E-state index in [1.54, 1.807) is 12.1 Å². The van der Waals surface area contributed by atoms with Crippen LogP contribution in [0.2, 0.25) is 0 Å². The van der Waals surface area contributed by atoms with Gasteiger partial charge in [0.25, 0.3) is 0 Å². The smallest absolute Gasteiger partial charge is 0.123 e. The Morgan fingerprint density at radius 3 is 2.25 bits per heavy atom. The van der Waals surface area contributed by atoms with E-state index in [1.165, 1.54) is 12.1 Å². The molecule has 0 aromatic heterocycles. The summed E-state index contributed by atoms with van der Waals surface area (Å²) in [7, 11) is 0. The molecule has 1 rings (SSSR count). The lowest BCUT2D eigenvalue weighted by molar-refractivity contribution is 0.0323. The molecule has 2 nitrogen and oxygen atoms in total. The molecule has 0 radical (unpaired) electrons. The third-order valence-corrected chi connectivity index (χ3v) is 3.01. The van der Waals surface area contributed by atoms with Crippen LogP contribution in [0.3, 0.4) is 0 Å². The topological polar surface area (TPSA) is 32.3 Å². The van der Waals surface area contributed by atoms with Gasteiger partial charge in [0.1, 0.15) is 5.82 Å². The zero-order chi connectivity index (χ0) is 12.0. The van der Waals surface area contributed by atoms with E-state index in [0.29, 0.717) is 13.1 Å². The van der Waals surface area contributed by atoms with Gasteiger partial charge in [0.05, 0.1) is 5.60 Å². The van der Waals surface area contributed by atoms with Crippen LogP contribution in [0.15, 0.2) is 24.3 Å². The zero-order valence-electron chi connectivity index (χ0n) is 9.96. The van der Waals surface area contributed by atoms with Crippen LogP contribution in [0.5, 0.6) is 0 Å². The first-order valence-corrected chi connectivity index (χ1v) is 5.77. The standard InChI is InChI=1S/C13H20FNO/c1-3-13(16,4-2)10-15-9-11-5-7-12(14)8-6-11/h5-8,15-16H,3-4,9-10H2,1-2H3. The number of hydrogen-bond acceptors (Lipinski definition) is 2. The Hall–Kier alpha value is -0.930. The number of halogens is 1. The average molecular weight is 225 g/mol. The maximum Gasteiger partial charge on any atom is 0.123 e. The van der Waals surface area contributed by atoms with E-state index in [2.05, 4.69) is 5.32 Å². The van der Waals surface area contributed by atoms with Crippen molar-refractivity contribution in [3.8, 4) is 0 Å². The van der Waals surface area contributed by atoms with Crippen molar-refractivity contribution in [2.45, 2.75) is 38.8 Å². The molecule has 0 heterocycles. The maximum atomic E-state index is 12.6. The fraction of sp³-hybridized carbons (Fsp3) is 0.538. The largest absolute Gasteiger partial charge is 0.389 e. The van der Waals surface area contributed by atoms with E-state index in [4.69, 9.17) is 0 Å². The minimum atomic E-state index is -0.625. The van der Waals surface area contributed by atoms with Crippen molar-refractivity contribution in [3.63, 3.8) is 0 Å². The highest BCUT2D eigenvalue weighted by atomic mass is 19.1. The monoisotopic (exact) mass is 225 g/mol. The van der Waals surface area contributed by atoms with E-state index in [1.807, 2.05) is 13.8 Å². The minimum Gasteiger partial charge on any atom is -0.389 e. The van der Waals surface area contributed by atoms with Gasteiger partial charge < -0.3 is 10.4 Å². The van der Waals surface area contributed by atoms with E-state index >= 15 is 0 Å². The van der Waals surface area contributed by atoms with Gasteiger partial charge in [0.2, 0.25) is 0 Å². The zero-order valence-corrected chi connectivity index (χ0v) is 9.96. The lowest BCUT2D eigenvalue weighted by Gasteiger charge is -2.25. The molecule has 1 aromatic rings. The average Bonchev–Trinajstić information content (AvgIpc) is 2.31. The van der Waals surface area contributed by atoms with Crippen molar-refractivity contribution in [2.75, 3.05) is 6.54 Å². The second kappa shape index (κ2) is 5.97. The SMILES string of the molecule is CCC(O)(CC)CNCc1ccc(F)cc1. The van der Waals surface area contributed by atoms with Gasteiger partial charge in [-0.15, -0.1) is 0 Å². The fourth-order valence-electron chi connectivity index (χ4n) is 1.54. The summed E-state index contributed by atoms with van der Waals surface area (Å²) >= 11 is 0. The van der Waals surface area contributed by atoms with Crippen LogP contribution in [0, 0.1) is 5.82 Å². The molecule has 0 aliphatic rings. The maximum absolute atomic E-state index is 12.6. The number of nitrogens with one attached hydrogen (secondary N) is 1. The second-order valence-electron chi connectivity index (χ2n) is 4.16. The molecular weight excluding hydrogens is 205 g/mol. The van der Waals surface area contributed by atoms with E-state index in [9.17, 15) is 9.50 Å². The molecule has 90 valence electrons. The Kier molecular flexibility index (Phi) is 4.90. The summed E-state index contributed by atoms with van der Waals surface area (Å²) in [6.45, 7) is 5.17. The lowest BCUT2D eigenvalue weighted by Crippen LogP contribution is -2.39. The molecular formula is C13H20FNO. The molecule has 0 atom stereocenters. The van der Waals surface area contributed by atoms with E-state index in [-0.39, 0.29) is 5.82 Å². The first-order valence-electron chi connectivity index (χ1n) is 5.77. The van der Waals surface area contributed by atoms with Crippen molar-refractivity contribution < 1.29 is 9.50 Å². The normalized spacial score (nSPS) is 11.8. The highest BCUT2D eigenvalue weighted by Crippen LogP contribution is 2.13. The first kappa shape index (κ1) is 13.1. The fourth-order valence-corrected chi connectivity index (χ4v) is 1.54. The van der Waals surface area contributed by atoms with Crippen LogP contribution in [0.4, 0.5) is 4.39 Å². The van der Waals surface area contributed by atoms with Crippen LogP contribution in [0.1, 0.15) is 32.3 Å². The third kappa shape index (κ3) is 3.91. The molecule has 0 aliphatic heterocycles. The number of rotatable bonds is 6. The second-order valence-corrected chi connectivity index (χ2v) is 4.16. The minimum absolute atomic E-state index is 0.220. The van der Waals surface area contributed by atoms with Gasteiger partial charge >= 0.3 is 0 Å². The predicted molar refractivity (Wildman–Crippen MR) is 63.6 cm³/mol. The summed E-state index contributed by atoms with van der Waals surface area (Å²) in [6.07, 6.45) is 1.47. The number of benzene rings is 1. The summed E-state index contributed by atoms with van der Waals surface area (Å²) in [5.41, 5.74) is 0.399. The molecule has 1 aromatic carbocycles. The molecule has 2 N–H and O–H groups in total. The van der Waals surface area contributed by atoms with Crippen molar-refractivity contribution in [3.05, 3.63) is 35.6 Å². The lowest BCUT2D eigenvalue weighted by atomic mass is 9.97. The molecule has 0 amide bonds. The summed E-state index contributed by atoms with van der Waals surface area (Å²) in [5, 5.41) is 13.2. The van der Waals surface area contributed by atoms with Crippen LogP contribution < -0.4 is 5.32 Å². The summed E-state index contributed by atoms with van der Waals surface area (Å²) in [4.78, 5) is 0. The van der Waals surface area contributed by atoms with Gasteiger partial charge in [-0.3, -0.25) is 0 Å². The summed E-state index contributed by atoms with van der Waals surface area (Å²) < 4.78 is 12.6. The highest BCUT2D eigenvalue weighted by Gasteiger charge is 2.20. The van der Waals surface area contributed by atoms with Gasteiger partial charge in [-0.1, -0.05) is 26.0 Å². The Balaban J connectivity index is 2.38. The van der Waals surface area contributed by atoms with Crippen molar-refractivity contribution in [1.29, 1.82) is 0 Å². The Labute approximate surface area is 96.5 Å². The molecule has 0 aliphatic carbocycles. The van der Waals surface area contributed by atoms with Crippen molar-refractivity contribution >= 4 is 0 Å². The van der Waals surface area contributed by atoms with Crippen LogP contribution in [-0.2, 0) is 6.54 Å².